The van der Waals surface area contributed by atoms with E-state index in [-0.39, 0.29) is 6.61 Å². The predicted octanol–water partition coefficient (Wildman–Crippen LogP) is 4.80. The van der Waals surface area contributed by atoms with Gasteiger partial charge in [0, 0.05) is 11.8 Å². The maximum absolute atomic E-state index is 12.0. The van der Waals surface area contributed by atoms with Crippen LogP contribution in [0.1, 0.15) is 44.2 Å². The molecule has 30 heavy (non-hydrogen) atoms. The van der Waals surface area contributed by atoms with Crippen molar-refractivity contribution in [3.8, 4) is 11.5 Å². The fourth-order valence-corrected chi connectivity index (χ4v) is 2.74. The molecule has 0 fully saturated rings. The molecule has 0 spiro atoms. The van der Waals surface area contributed by atoms with Crippen LogP contribution in [0.15, 0.2) is 48.5 Å². The van der Waals surface area contributed by atoms with Gasteiger partial charge in [0.05, 0.1) is 13.7 Å². The molecular formula is C24H29NO5. The second-order valence-electron chi connectivity index (χ2n) is 6.76. The molecule has 1 N–H and O–H groups in total. The zero-order valence-corrected chi connectivity index (χ0v) is 17.9. The Kier molecular flexibility index (Phi) is 8.94. The number of anilines is 1. The number of esters is 1. The number of amides is 1. The van der Waals surface area contributed by atoms with E-state index in [4.69, 9.17) is 14.2 Å². The van der Waals surface area contributed by atoms with E-state index in [1.54, 1.807) is 31.4 Å². The van der Waals surface area contributed by atoms with E-state index in [1.807, 2.05) is 31.2 Å². The van der Waals surface area contributed by atoms with Gasteiger partial charge in [0.2, 0.25) is 0 Å². The van der Waals surface area contributed by atoms with Crippen LogP contribution in [-0.4, -0.2) is 32.2 Å². The topological polar surface area (TPSA) is 73.9 Å². The molecule has 0 aliphatic heterocycles. The van der Waals surface area contributed by atoms with Crippen LogP contribution in [0.3, 0.4) is 0 Å². The number of benzene rings is 2. The highest BCUT2D eigenvalue weighted by Gasteiger charge is 2.08. The average Bonchev–Trinajstić information content (AvgIpc) is 2.77. The first-order chi connectivity index (χ1) is 14.5. The summed E-state index contributed by atoms with van der Waals surface area (Å²) < 4.78 is 15.7. The highest BCUT2D eigenvalue weighted by Crippen LogP contribution is 2.28. The Morgan fingerprint density at radius 2 is 1.80 bits per heavy atom. The number of rotatable bonds is 10. The van der Waals surface area contributed by atoms with E-state index < -0.39 is 11.9 Å². The van der Waals surface area contributed by atoms with Crippen LogP contribution in [0, 0.1) is 0 Å². The summed E-state index contributed by atoms with van der Waals surface area (Å²) in [4.78, 5) is 23.9. The lowest BCUT2D eigenvalue weighted by Gasteiger charge is -2.10. The minimum Gasteiger partial charge on any atom is -0.493 e. The molecule has 0 saturated heterocycles. The summed E-state index contributed by atoms with van der Waals surface area (Å²) in [5.74, 6) is 0.679. The highest BCUT2D eigenvalue weighted by molar-refractivity contribution is 5.94. The van der Waals surface area contributed by atoms with Crippen LogP contribution in [0.25, 0.3) is 6.08 Å². The van der Waals surface area contributed by atoms with Gasteiger partial charge in [-0.25, -0.2) is 4.79 Å². The third-order valence-electron chi connectivity index (χ3n) is 4.62. The van der Waals surface area contributed by atoms with E-state index in [0.29, 0.717) is 29.7 Å². The maximum Gasteiger partial charge on any atom is 0.331 e. The first-order valence-corrected chi connectivity index (χ1v) is 10.0. The van der Waals surface area contributed by atoms with Gasteiger partial charge in [0.15, 0.2) is 18.1 Å². The van der Waals surface area contributed by atoms with Gasteiger partial charge < -0.3 is 19.5 Å². The smallest absolute Gasteiger partial charge is 0.331 e. The molecule has 2 rings (SSSR count). The van der Waals surface area contributed by atoms with Gasteiger partial charge >= 0.3 is 5.97 Å². The van der Waals surface area contributed by atoms with Crippen molar-refractivity contribution in [1.82, 2.24) is 0 Å². The van der Waals surface area contributed by atoms with Crippen LogP contribution in [-0.2, 0) is 14.3 Å². The third kappa shape index (κ3) is 6.95. The monoisotopic (exact) mass is 411 g/mol. The number of hydrogen-bond donors (Lipinski definition) is 1. The number of ether oxygens (including phenoxy) is 3. The van der Waals surface area contributed by atoms with E-state index >= 15 is 0 Å². The Labute approximate surface area is 177 Å². The summed E-state index contributed by atoms with van der Waals surface area (Å²) >= 11 is 0. The first-order valence-electron chi connectivity index (χ1n) is 10.0. The quantitative estimate of drug-likeness (QED) is 0.449. The maximum atomic E-state index is 12.0. The van der Waals surface area contributed by atoms with Crippen molar-refractivity contribution < 1.29 is 23.8 Å². The van der Waals surface area contributed by atoms with E-state index in [0.717, 1.165) is 12.0 Å². The Bertz CT molecular complexity index is 874. The van der Waals surface area contributed by atoms with E-state index in [1.165, 1.54) is 11.6 Å². The second kappa shape index (κ2) is 11.7. The van der Waals surface area contributed by atoms with E-state index in [9.17, 15) is 9.59 Å². The largest absolute Gasteiger partial charge is 0.493 e. The van der Waals surface area contributed by atoms with Crippen LogP contribution in [0.2, 0.25) is 0 Å². The van der Waals surface area contributed by atoms with Gasteiger partial charge in [-0.15, -0.1) is 0 Å². The van der Waals surface area contributed by atoms with Crippen molar-refractivity contribution in [3.63, 3.8) is 0 Å². The summed E-state index contributed by atoms with van der Waals surface area (Å²) in [7, 11) is 1.55. The fourth-order valence-electron chi connectivity index (χ4n) is 2.74. The molecule has 0 saturated carbocycles. The van der Waals surface area contributed by atoms with Crippen LogP contribution in [0.5, 0.6) is 11.5 Å². The first kappa shape index (κ1) is 23.0. The molecule has 0 bridgehead atoms. The number of carbonyl (C=O) groups is 2. The predicted molar refractivity (Wildman–Crippen MR) is 118 cm³/mol. The summed E-state index contributed by atoms with van der Waals surface area (Å²) in [6.45, 7) is 6.35. The lowest BCUT2D eigenvalue weighted by Crippen LogP contribution is -2.20. The Hall–Kier alpha value is -3.28. The number of hydrogen-bond acceptors (Lipinski definition) is 5. The molecule has 0 heterocycles. The molecule has 0 radical (unpaired) electrons. The Morgan fingerprint density at radius 3 is 2.43 bits per heavy atom. The van der Waals surface area contributed by atoms with Gasteiger partial charge in [0.1, 0.15) is 0 Å². The molecule has 6 nitrogen and oxygen atoms in total. The molecule has 160 valence electrons. The molecule has 2 aromatic rings. The number of methoxy groups -OCH3 is 1. The second-order valence-corrected chi connectivity index (χ2v) is 6.76. The molecule has 1 atom stereocenters. The normalized spacial score (nSPS) is 11.7. The van der Waals surface area contributed by atoms with Crippen molar-refractivity contribution in [1.29, 1.82) is 0 Å². The molecule has 1 amide bonds. The highest BCUT2D eigenvalue weighted by atomic mass is 16.5. The zero-order valence-electron chi connectivity index (χ0n) is 17.9. The van der Waals surface area contributed by atoms with Crippen molar-refractivity contribution in [2.24, 2.45) is 0 Å². The molecule has 2 aromatic carbocycles. The van der Waals surface area contributed by atoms with Crippen molar-refractivity contribution in [2.45, 2.75) is 33.1 Å². The van der Waals surface area contributed by atoms with Crippen molar-refractivity contribution in [2.75, 3.05) is 25.6 Å². The Balaban J connectivity index is 1.84. The summed E-state index contributed by atoms with van der Waals surface area (Å²) in [6, 6.07) is 13.0. The summed E-state index contributed by atoms with van der Waals surface area (Å²) in [5, 5.41) is 2.72. The standard InChI is InChI=1S/C24H29NO5/c1-5-17(3)19-9-11-20(12-10-19)25-23(26)16-30-24(27)14-8-18-7-13-21(29-6-2)22(15-18)28-4/h7-15,17H,5-6,16H2,1-4H3,(H,25,26)/b14-8+/t17-/m0/s1. The molecule has 6 heteroatoms. The molecular weight excluding hydrogens is 382 g/mol. The van der Waals surface area contributed by atoms with Crippen LogP contribution in [0.4, 0.5) is 5.69 Å². The minimum atomic E-state index is -0.606. The minimum absolute atomic E-state index is 0.358. The van der Waals surface area contributed by atoms with Gasteiger partial charge in [-0.05, 0) is 60.7 Å². The number of nitrogens with one attached hydrogen (secondary N) is 1. The third-order valence-corrected chi connectivity index (χ3v) is 4.62. The lowest BCUT2D eigenvalue weighted by molar-refractivity contribution is -0.142. The van der Waals surface area contributed by atoms with Gasteiger partial charge in [0.25, 0.3) is 5.91 Å². The summed E-state index contributed by atoms with van der Waals surface area (Å²) in [5.41, 5.74) is 2.64. The van der Waals surface area contributed by atoms with Gasteiger partial charge in [-0.2, -0.15) is 0 Å². The van der Waals surface area contributed by atoms with Gasteiger partial charge in [-0.1, -0.05) is 32.0 Å². The van der Waals surface area contributed by atoms with Crippen LogP contribution >= 0.6 is 0 Å². The molecule has 0 unspecified atom stereocenters. The van der Waals surface area contributed by atoms with Crippen molar-refractivity contribution >= 4 is 23.6 Å². The fraction of sp³-hybridized carbons (Fsp3) is 0.333. The molecule has 0 aliphatic rings. The number of carbonyl (C=O) groups excluding carboxylic acids is 2. The lowest BCUT2D eigenvalue weighted by atomic mass is 9.99. The zero-order chi connectivity index (χ0) is 21.9. The molecule has 0 aromatic heterocycles. The van der Waals surface area contributed by atoms with Gasteiger partial charge in [-0.3, -0.25) is 4.79 Å². The SMILES string of the molecule is CCOc1ccc(/C=C/C(=O)OCC(=O)Nc2ccc([C@@H](C)CC)cc2)cc1OC. The molecule has 0 aliphatic carbocycles. The average molecular weight is 411 g/mol. The van der Waals surface area contributed by atoms with Crippen molar-refractivity contribution in [3.05, 3.63) is 59.7 Å². The Morgan fingerprint density at radius 1 is 1.07 bits per heavy atom. The van der Waals surface area contributed by atoms with E-state index in [2.05, 4.69) is 19.2 Å². The summed E-state index contributed by atoms with van der Waals surface area (Å²) in [6.07, 6.45) is 3.91. The van der Waals surface area contributed by atoms with Crippen LogP contribution < -0.4 is 14.8 Å².